The zero-order chi connectivity index (χ0) is 25.3. The van der Waals surface area contributed by atoms with Gasteiger partial charge in [-0.25, -0.2) is 9.79 Å². The number of hydrogen-bond donors (Lipinski definition) is 3. The van der Waals surface area contributed by atoms with Crippen LogP contribution in [0.25, 0.3) is 11.3 Å². The molecular formula is C26H32N6O3. The lowest BCUT2D eigenvalue weighted by Crippen LogP contribution is -2.44. The van der Waals surface area contributed by atoms with E-state index in [1.807, 2.05) is 32.0 Å². The molecule has 35 heavy (non-hydrogen) atoms. The van der Waals surface area contributed by atoms with E-state index in [1.54, 1.807) is 23.4 Å². The Balaban J connectivity index is 1.98. The standard InChI is InChI=1S/C26H32N6O3/c1-15-10-16(2)24(17(3)11-15)30-23-14-20-19-13-22(35-5)21(34-4)12-18(19)6-8-31(20)26(33)32(23)9-7-29-25(27)28/h10-14H,6-9H2,1-5H3,(H4,27,28,29). The molecule has 1 aromatic heterocycles. The van der Waals surface area contributed by atoms with Crippen molar-refractivity contribution < 1.29 is 9.47 Å². The van der Waals surface area contributed by atoms with Gasteiger partial charge in [-0.1, -0.05) is 17.7 Å². The summed E-state index contributed by atoms with van der Waals surface area (Å²) in [4.78, 5) is 18.7. The van der Waals surface area contributed by atoms with Crippen LogP contribution in [0.2, 0.25) is 0 Å². The normalized spacial score (nSPS) is 12.7. The van der Waals surface area contributed by atoms with Crippen LogP contribution in [0.3, 0.4) is 0 Å². The molecule has 0 spiro atoms. The molecule has 0 atom stereocenters. The molecule has 9 nitrogen and oxygen atoms in total. The Morgan fingerprint density at radius 1 is 1.09 bits per heavy atom. The van der Waals surface area contributed by atoms with Gasteiger partial charge < -0.3 is 20.5 Å². The van der Waals surface area contributed by atoms with Crippen LogP contribution >= 0.6 is 0 Å². The van der Waals surface area contributed by atoms with Crippen LogP contribution < -0.4 is 31.7 Å². The maximum Gasteiger partial charge on any atom is 0.330 e. The van der Waals surface area contributed by atoms with Crippen molar-refractivity contribution in [3.8, 4) is 22.8 Å². The number of hydrogen-bond acceptors (Lipinski definition) is 5. The first kappa shape index (κ1) is 24.1. The second-order valence-electron chi connectivity index (χ2n) is 8.79. The summed E-state index contributed by atoms with van der Waals surface area (Å²) in [7, 11) is 3.22. The number of aryl methyl sites for hydroxylation is 4. The van der Waals surface area contributed by atoms with E-state index in [1.165, 1.54) is 0 Å². The maximum absolute atomic E-state index is 13.7. The topological polar surface area (TPSA) is 120 Å². The van der Waals surface area contributed by atoms with E-state index in [4.69, 9.17) is 25.6 Å². The number of fused-ring (bicyclic) bond motifs is 3. The molecule has 0 amide bonds. The van der Waals surface area contributed by atoms with Gasteiger partial charge in [-0.15, -0.1) is 0 Å². The minimum atomic E-state index is -0.158. The first-order valence-corrected chi connectivity index (χ1v) is 11.5. The zero-order valence-corrected chi connectivity index (χ0v) is 20.9. The lowest BCUT2D eigenvalue weighted by Gasteiger charge is -2.24. The van der Waals surface area contributed by atoms with Gasteiger partial charge in [0.25, 0.3) is 0 Å². The Kier molecular flexibility index (Phi) is 6.68. The first-order chi connectivity index (χ1) is 16.7. The number of guanidine groups is 1. The molecule has 9 heteroatoms. The van der Waals surface area contributed by atoms with Gasteiger partial charge in [0.05, 0.1) is 25.6 Å². The van der Waals surface area contributed by atoms with Crippen molar-refractivity contribution in [1.29, 1.82) is 5.41 Å². The zero-order valence-electron chi connectivity index (χ0n) is 20.9. The van der Waals surface area contributed by atoms with Crippen LogP contribution in [0.5, 0.6) is 11.5 Å². The maximum atomic E-state index is 13.7. The number of nitrogens with two attached hydrogens (primary N) is 1. The highest BCUT2D eigenvalue weighted by molar-refractivity contribution is 5.74. The van der Waals surface area contributed by atoms with Crippen molar-refractivity contribution in [3.63, 3.8) is 0 Å². The van der Waals surface area contributed by atoms with Crippen molar-refractivity contribution in [2.45, 2.75) is 40.3 Å². The molecule has 2 aromatic carbocycles. The fourth-order valence-electron chi connectivity index (χ4n) is 4.73. The van der Waals surface area contributed by atoms with Gasteiger partial charge in [-0.2, -0.15) is 0 Å². The largest absolute Gasteiger partial charge is 0.493 e. The van der Waals surface area contributed by atoms with E-state index < -0.39 is 0 Å². The highest BCUT2D eigenvalue weighted by Gasteiger charge is 2.22. The molecule has 2 heterocycles. The van der Waals surface area contributed by atoms with Crippen molar-refractivity contribution in [2.75, 3.05) is 20.8 Å². The van der Waals surface area contributed by atoms with Gasteiger partial charge in [-0.3, -0.25) is 14.5 Å². The van der Waals surface area contributed by atoms with Crippen LogP contribution in [0.15, 0.2) is 40.1 Å². The second-order valence-corrected chi connectivity index (χ2v) is 8.79. The number of nitrogens with one attached hydrogen (secondary N) is 2. The summed E-state index contributed by atoms with van der Waals surface area (Å²) in [6, 6.07) is 10.0. The molecular weight excluding hydrogens is 444 g/mol. The molecule has 184 valence electrons. The summed E-state index contributed by atoms with van der Waals surface area (Å²) >= 11 is 0. The Hall–Kier alpha value is -4.01. The van der Waals surface area contributed by atoms with Gasteiger partial charge in [0, 0.05) is 31.3 Å². The highest BCUT2D eigenvalue weighted by atomic mass is 16.5. The van der Waals surface area contributed by atoms with Gasteiger partial charge in [0.15, 0.2) is 17.5 Å². The molecule has 0 radical (unpaired) electrons. The summed E-state index contributed by atoms with van der Waals surface area (Å²) in [5, 5.41) is 10.2. The fraction of sp³-hybridized carbons (Fsp3) is 0.346. The smallest absolute Gasteiger partial charge is 0.330 e. The summed E-state index contributed by atoms with van der Waals surface area (Å²) in [5.74, 6) is 1.14. The number of methoxy groups -OCH3 is 2. The third-order valence-electron chi connectivity index (χ3n) is 6.30. The van der Waals surface area contributed by atoms with E-state index in [0.717, 1.165) is 39.2 Å². The first-order valence-electron chi connectivity index (χ1n) is 11.5. The Morgan fingerprint density at radius 3 is 2.37 bits per heavy atom. The fourth-order valence-corrected chi connectivity index (χ4v) is 4.73. The third-order valence-corrected chi connectivity index (χ3v) is 6.30. The van der Waals surface area contributed by atoms with Crippen LogP contribution in [0.1, 0.15) is 22.3 Å². The monoisotopic (exact) mass is 476 g/mol. The Bertz CT molecular complexity index is 1410. The summed E-state index contributed by atoms with van der Waals surface area (Å²) in [6.45, 7) is 7.31. The molecule has 0 saturated carbocycles. The lowest BCUT2D eigenvalue weighted by atomic mass is 9.97. The molecule has 0 fully saturated rings. The van der Waals surface area contributed by atoms with Gasteiger partial charge in [0.2, 0.25) is 0 Å². The quantitative estimate of drug-likeness (QED) is 0.373. The van der Waals surface area contributed by atoms with Crippen LogP contribution in [0.4, 0.5) is 5.69 Å². The second kappa shape index (κ2) is 9.69. The molecule has 0 saturated heterocycles. The summed E-state index contributed by atoms with van der Waals surface area (Å²) in [5.41, 5.74) is 12.7. The van der Waals surface area contributed by atoms with E-state index in [0.29, 0.717) is 43.0 Å². The van der Waals surface area contributed by atoms with Crippen LogP contribution in [0, 0.1) is 26.2 Å². The van der Waals surface area contributed by atoms with Gasteiger partial charge in [0.1, 0.15) is 5.49 Å². The molecule has 3 aromatic rings. The molecule has 4 N–H and O–H groups in total. The Morgan fingerprint density at radius 2 is 1.74 bits per heavy atom. The number of ether oxygens (including phenoxy) is 2. The summed E-state index contributed by atoms with van der Waals surface area (Å²) < 4.78 is 14.4. The number of nitrogens with zero attached hydrogens (tertiary/aromatic N) is 3. The molecule has 4 rings (SSSR count). The summed E-state index contributed by atoms with van der Waals surface area (Å²) in [6.07, 6.45) is 0.695. The van der Waals surface area contributed by atoms with Crippen molar-refractivity contribution in [2.24, 2.45) is 10.7 Å². The SMILES string of the molecule is COc1cc2c(cc1OC)-c1cc(=Nc3c(C)cc(C)cc3C)n(CCNC(=N)N)c(=O)n1CC2. The number of benzene rings is 2. The van der Waals surface area contributed by atoms with E-state index in [9.17, 15) is 4.79 Å². The molecule has 1 aliphatic heterocycles. The predicted octanol–water partition coefficient (Wildman–Crippen LogP) is 2.53. The average molecular weight is 477 g/mol. The van der Waals surface area contributed by atoms with Gasteiger partial charge >= 0.3 is 5.69 Å². The van der Waals surface area contributed by atoms with Crippen molar-refractivity contribution in [3.05, 3.63) is 68.6 Å². The van der Waals surface area contributed by atoms with Crippen molar-refractivity contribution in [1.82, 2.24) is 14.5 Å². The van der Waals surface area contributed by atoms with Gasteiger partial charge in [-0.05, 0) is 56.0 Å². The van der Waals surface area contributed by atoms with Crippen LogP contribution in [-0.2, 0) is 19.5 Å². The molecule has 0 unspecified atom stereocenters. The van der Waals surface area contributed by atoms with E-state index in [2.05, 4.69) is 24.4 Å². The number of aromatic nitrogens is 2. The minimum Gasteiger partial charge on any atom is -0.493 e. The molecule has 1 aliphatic rings. The van der Waals surface area contributed by atoms with Crippen LogP contribution in [-0.4, -0.2) is 35.9 Å². The van der Waals surface area contributed by atoms with E-state index >= 15 is 0 Å². The van der Waals surface area contributed by atoms with Crippen molar-refractivity contribution >= 4 is 11.6 Å². The minimum absolute atomic E-state index is 0.137. The highest BCUT2D eigenvalue weighted by Crippen LogP contribution is 2.37. The van der Waals surface area contributed by atoms with E-state index in [-0.39, 0.29) is 11.6 Å². The average Bonchev–Trinajstić information content (AvgIpc) is 2.81. The number of rotatable bonds is 6. The molecule has 0 bridgehead atoms. The predicted molar refractivity (Wildman–Crippen MR) is 137 cm³/mol. The Labute approximate surface area is 204 Å². The lowest BCUT2D eigenvalue weighted by molar-refractivity contribution is 0.354. The molecule has 0 aliphatic carbocycles. The third kappa shape index (κ3) is 4.66.